The number of halogens is 1. The van der Waals surface area contributed by atoms with Crippen molar-refractivity contribution in [3.05, 3.63) is 0 Å². The quantitative estimate of drug-likeness (QED) is 0.725. The van der Waals surface area contributed by atoms with Crippen LogP contribution in [0.2, 0.25) is 0 Å². The van der Waals surface area contributed by atoms with Crippen LogP contribution in [0.25, 0.3) is 0 Å². The monoisotopic (exact) mass is 269 g/mol. The second-order valence-electron chi connectivity index (χ2n) is 3.71. The van der Waals surface area contributed by atoms with Crippen LogP contribution in [0.4, 0.5) is 0 Å². The van der Waals surface area contributed by atoms with Crippen molar-refractivity contribution in [2.75, 3.05) is 24.4 Å². The first kappa shape index (κ1) is 9.89. The maximum atomic E-state index is 11.4. The van der Waals surface area contributed by atoms with E-state index in [4.69, 9.17) is 5.11 Å². The van der Waals surface area contributed by atoms with Crippen LogP contribution in [-0.2, 0) is 10.0 Å². The van der Waals surface area contributed by atoms with Crippen LogP contribution in [-0.4, -0.2) is 42.2 Å². The van der Waals surface area contributed by atoms with Crippen LogP contribution < -0.4 is 0 Å². The van der Waals surface area contributed by atoms with E-state index in [-0.39, 0.29) is 11.3 Å². The van der Waals surface area contributed by atoms with Crippen molar-refractivity contribution < 1.29 is 13.5 Å². The first-order chi connectivity index (χ1) is 6.10. The largest absolute Gasteiger partial charge is 0.396 e. The fourth-order valence-corrected chi connectivity index (χ4v) is 3.98. The van der Waals surface area contributed by atoms with Crippen molar-refractivity contribution in [3.8, 4) is 0 Å². The lowest BCUT2D eigenvalue weighted by Crippen LogP contribution is -2.32. The second kappa shape index (κ2) is 3.18. The van der Waals surface area contributed by atoms with Crippen molar-refractivity contribution in [2.24, 2.45) is 17.8 Å². The lowest BCUT2D eigenvalue weighted by atomic mass is 10.3. The summed E-state index contributed by atoms with van der Waals surface area (Å²) in [6.07, 6.45) is 0. The van der Waals surface area contributed by atoms with Gasteiger partial charge in [-0.3, -0.25) is 0 Å². The number of aliphatic hydroxyl groups excluding tert-OH is 1. The third-order valence-corrected chi connectivity index (χ3v) is 6.18. The summed E-state index contributed by atoms with van der Waals surface area (Å²) in [5.41, 5.74) is 0. The van der Waals surface area contributed by atoms with Crippen molar-refractivity contribution in [1.29, 1.82) is 0 Å². The maximum absolute atomic E-state index is 11.4. The summed E-state index contributed by atoms with van der Waals surface area (Å²) in [4.78, 5) is 0. The van der Waals surface area contributed by atoms with Gasteiger partial charge in [-0.05, 0) is 17.8 Å². The van der Waals surface area contributed by atoms with E-state index in [1.807, 2.05) is 0 Å². The summed E-state index contributed by atoms with van der Waals surface area (Å²) in [5, 5.41) is 8.88. The topological polar surface area (TPSA) is 57.6 Å². The summed E-state index contributed by atoms with van der Waals surface area (Å²) in [6, 6.07) is 0. The summed E-state index contributed by atoms with van der Waals surface area (Å²) in [6.45, 7) is 1.41. The standard InChI is InChI=1S/C7H12BrNO3S/c8-4-13(11,12)9-1-5-6(2-9)7(5)3-10/h5-7,10H,1-4H2/t5-,6+,7?. The highest BCUT2D eigenvalue weighted by Crippen LogP contribution is 2.51. The average Bonchev–Trinajstić information content (AvgIpc) is 2.57. The Kier molecular flexibility index (Phi) is 2.42. The predicted molar refractivity (Wildman–Crippen MR) is 51.8 cm³/mol. The lowest BCUT2D eigenvalue weighted by Gasteiger charge is -2.17. The minimum Gasteiger partial charge on any atom is -0.396 e. The molecule has 13 heavy (non-hydrogen) atoms. The van der Waals surface area contributed by atoms with Gasteiger partial charge in [0, 0.05) is 19.7 Å². The van der Waals surface area contributed by atoms with Crippen LogP contribution in [0, 0.1) is 17.8 Å². The molecule has 1 aliphatic carbocycles. The van der Waals surface area contributed by atoms with Crippen LogP contribution >= 0.6 is 15.9 Å². The van der Waals surface area contributed by atoms with E-state index < -0.39 is 10.0 Å². The van der Waals surface area contributed by atoms with Crippen molar-refractivity contribution >= 4 is 26.0 Å². The van der Waals surface area contributed by atoms with E-state index in [0.717, 1.165) is 0 Å². The SMILES string of the molecule is O=S(=O)(CBr)N1C[C@@H]2C(CO)[C@@H]2C1. The highest BCUT2D eigenvalue weighted by atomic mass is 79.9. The molecular weight excluding hydrogens is 258 g/mol. The molecule has 0 radical (unpaired) electrons. The maximum Gasteiger partial charge on any atom is 0.224 e. The Bertz CT molecular complexity index is 293. The number of fused-ring (bicyclic) bond motifs is 1. The van der Waals surface area contributed by atoms with E-state index in [1.54, 1.807) is 0 Å². The van der Waals surface area contributed by atoms with E-state index in [0.29, 0.717) is 30.8 Å². The normalized spacial score (nSPS) is 39.1. The van der Waals surface area contributed by atoms with Crippen LogP contribution in [0.1, 0.15) is 0 Å². The summed E-state index contributed by atoms with van der Waals surface area (Å²) >= 11 is 2.97. The number of hydrogen-bond acceptors (Lipinski definition) is 3. The Labute approximate surface area is 86.1 Å². The molecule has 1 aliphatic heterocycles. The number of piperidine rings is 1. The summed E-state index contributed by atoms with van der Waals surface area (Å²) in [5.74, 6) is 1.19. The van der Waals surface area contributed by atoms with Crippen molar-refractivity contribution in [3.63, 3.8) is 0 Å². The van der Waals surface area contributed by atoms with Crippen LogP contribution in [0.5, 0.6) is 0 Å². The third kappa shape index (κ3) is 1.54. The van der Waals surface area contributed by atoms with Gasteiger partial charge in [0.15, 0.2) is 0 Å². The predicted octanol–water partition coefficient (Wildman–Crippen LogP) is -0.161. The molecule has 0 aromatic carbocycles. The molecule has 1 N–H and O–H groups in total. The van der Waals surface area contributed by atoms with E-state index in [1.165, 1.54) is 4.31 Å². The van der Waals surface area contributed by atoms with Gasteiger partial charge >= 0.3 is 0 Å². The van der Waals surface area contributed by atoms with Gasteiger partial charge in [0.1, 0.15) is 4.66 Å². The molecule has 0 amide bonds. The molecule has 0 bridgehead atoms. The van der Waals surface area contributed by atoms with Crippen LogP contribution in [0.15, 0.2) is 0 Å². The highest BCUT2D eigenvalue weighted by molar-refractivity contribution is 9.10. The summed E-state index contributed by atoms with van der Waals surface area (Å²) in [7, 11) is -3.06. The van der Waals surface area contributed by atoms with Crippen molar-refractivity contribution in [2.45, 2.75) is 0 Å². The molecule has 0 spiro atoms. The first-order valence-corrected chi connectivity index (χ1v) is 6.98. The molecule has 2 fully saturated rings. The van der Waals surface area contributed by atoms with E-state index in [9.17, 15) is 8.42 Å². The highest BCUT2D eigenvalue weighted by Gasteiger charge is 2.57. The third-order valence-electron chi connectivity index (χ3n) is 3.08. The molecule has 1 saturated carbocycles. The Morgan fingerprint density at radius 2 is 1.92 bits per heavy atom. The fraction of sp³-hybridized carbons (Fsp3) is 1.00. The minimum absolute atomic E-state index is 0.00321. The molecule has 0 aromatic heterocycles. The number of rotatable bonds is 3. The molecular formula is C7H12BrNO3S. The van der Waals surface area contributed by atoms with Gasteiger partial charge in [0.25, 0.3) is 0 Å². The Morgan fingerprint density at radius 3 is 2.31 bits per heavy atom. The molecule has 1 unspecified atom stereocenters. The molecule has 1 saturated heterocycles. The van der Waals surface area contributed by atoms with Gasteiger partial charge in [0.2, 0.25) is 10.0 Å². The van der Waals surface area contributed by atoms with Gasteiger partial charge in [-0.15, -0.1) is 0 Å². The van der Waals surface area contributed by atoms with Gasteiger partial charge in [0.05, 0.1) is 0 Å². The smallest absolute Gasteiger partial charge is 0.224 e. The molecule has 0 aromatic rings. The minimum atomic E-state index is -3.06. The average molecular weight is 270 g/mol. The zero-order chi connectivity index (χ0) is 9.64. The Balaban J connectivity index is 1.98. The lowest BCUT2D eigenvalue weighted by molar-refractivity contribution is 0.247. The molecule has 6 heteroatoms. The molecule has 1 heterocycles. The molecule has 2 aliphatic rings. The number of hydrogen-bond donors (Lipinski definition) is 1. The fourth-order valence-electron chi connectivity index (χ4n) is 2.18. The molecule has 2 rings (SSSR count). The zero-order valence-corrected chi connectivity index (χ0v) is 9.46. The summed E-state index contributed by atoms with van der Waals surface area (Å²) < 4.78 is 24.3. The van der Waals surface area contributed by atoms with Crippen molar-refractivity contribution in [1.82, 2.24) is 4.31 Å². The molecule has 3 atom stereocenters. The van der Waals surface area contributed by atoms with Crippen LogP contribution in [0.3, 0.4) is 0 Å². The van der Waals surface area contributed by atoms with E-state index in [2.05, 4.69) is 15.9 Å². The van der Waals surface area contributed by atoms with Gasteiger partial charge in [-0.25, -0.2) is 12.7 Å². The number of alkyl halides is 1. The van der Waals surface area contributed by atoms with Gasteiger partial charge < -0.3 is 5.11 Å². The molecule has 4 nitrogen and oxygen atoms in total. The van der Waals surface area contributed by atoms with Gasteiger partial charge in [-0.2, -0.15) is 0 Å². The first-order valence-electron chi connectivity index (χ1n) is 4.25. The number of aliphatic hydroxyl groups is 1. The number of nitrogens with zero attached hydrogens (tertiary/aromatic N) is 1. The number of sulfonamides is 1. The molecule has 76 valence electrons. The second-order valence-corrected chi connectivity index (χ2v) is 6.98. The Hall–Kier alpha value is 0.350. The Morgan fingerprint density at radius 1 is 1.38 bits per heavy atom. The van der Waals surface area contributed by atoms with Gasteiger partial charge in [-0.1, -0.05) is 15.9 Å². The zero-order valence-electron chi connectivity index (χ0n) is 7.06. The van der Waals surface area contributed by atoms with E-state index >= 15 is 0 Å².